The van der Waals surface area contributed by atoms with E-state index in [2.05, 4.69) is 120 Å². The van der Waals surface area contributed by atoms with Crippen molar-refractivity contribution in [2.75, 3.05) is 0 Å². The molecule has 3 N–H and O–H groups in total. The smallest absolute Gasteiger partial charge is 0.326 e. The molecule has 9 heteroatoms. The molecule has 48 heavy (non-hydrogen) atoms. The number of hydrogen-bond donors (Lipinski definition) is 3. The highest BCUT2D eigenvalue weighted by Gasteiger charge is 2.50. The number of nitrogens with one attached hydrogen (secondary N) is 3. The van der Waals surface area contributed by atoms with Crippen LogP contribution in [0.4, 0.5) is 0 Å². The predicted molar refractivity (Wildman–Crippen MR) is 196 cm³/mol. The average Bonchev–Trinajstić information content (AvgIpc) is 3.04. The van der Waals surface area contributed by atoms with E-state index in [4.69, 9.17) is 29.2 Å². The minimum Gasteiger partial charge on any atom is -0.459 e. The Hall–Kier alpha value is -1.71. The molecule has 3 fully saturated rings. The van der Waals surface area contributed by atoms with E-state index in [1.807, 2.05) is 0 Å². The molecule has 9 nitrogen and oxygen atoms in total. The second-order valence-electron chi connectivity index (χ2n) is 17.6. The van der Waals surface area contributed by atoms with Gasteiger partial charge in [-0.3, -0.25) is 0 Å². The normalized spacial score (nSPS) is 45.1. The van der Waals surface area contributed by atoms with Crippen molar-refractivity contribution in [2.45, 2.75) is 213 Å². The number of aromatic nitrogens is 3. The van der Waals surface area contributed by atoms with E-state index in [1.54, 1.807) is 0 Å². The van der Waals surface area contributed by atoms with E-state index in [0.717, 1.165) is 57.8 Å². The summed E-state index contributed by atoms with van der Waals surface area (Å²) in [5.74, 6) is 0.729. The fourth-order valence-electron chi connectivity index (χ4n) is 8.90. The van der Waals surface area contributed by atoms with Crippen molar-refractivity contribution in [1.82, 2.24) is 30.9 Å². The summed E-state index contributed by atoms with van der Waals surface area (Å²) in [6, 6.07) is 0.880. The van der Waals surface area contributed by atoms with Gasteiger partial charge in [0.25, 0.3) is 0 Å². The Morgan fingerprint density at radius 3 is 0.875 bits per heavy atom. The molecule has 1 aromatic heterocycles. The number of nitrogens with zero attached hydrogens (tertiary/aromatic N) is 3. The van der Waals surface area contributed by atoms with E-state index in [9.17, 15) is 0 Å². The minimum absolute atomic E-state index is 0.0485. The predicted octanol–water partition coefficient (Wildman–Crippen LogP) is 8.01. The van der Waals surface area contributed by atoms with Crippen LogP contribution in [0, 0.1) is 17.8 Å². The zero-order valence-corrected chi connectivity index (χ0v) is 33.4. The summed E-state index contributed by atoms with van der Waals surface area (Å²) in [6.45, 7) is 34.3. The lowest BCUT2D eigenvalue weighted by Gasteiger charge is -2.53. The topological polar surface area (TPSA) is 102 Å². The van der Waals surface area contributed by atoms with Crippen LogP contribution in [-0.4, -0.2) is 66.5 Å². The maximum atomic E-state index is 6.84. The van der Waals surface area contributed by atoms with E-state index in [0.29, 0.717) is 18.0 Å². The van der Waals surface area contributed by atoms with Crippen LogP contribution in [-0.2, 0) is 0 Å². The molecule has 4 rings (SSSR count). The van der Waals surface area contributed by atoms with Gasteiger partial charge in [-0.1, -0.05) is 62.3 Å². The van der Waals surface area contributed by atoms with Crippen LogP contribution in [0.25, 0.3) is 0 Å². The lowest BCUT2D eigenvalue weighted by molar-refractivity contribution is -0.0301. The molecule has 3 aliphatic rings. The Labute approximate surface area is 293 Å². The van der Waals surface area contributed by atoms with Crippen molar-refractivity contribution in [3.63, 3.8) is 0 Å². The first-order chi connectivity index (χ1) is 22.3. The molecular formula is C39H72N6O3. The second kappa shape index (κ2) is 14.1. The van der Waals surface area contributed by atoms with Crippen LogP contribution in [0.2, 0.25) is 0 Å². The molecule has 1 aromatic rings. The molecule has 3 saturated heterocycles. The summed E-state index contributed by atoms with van der Waals surface area (Å²) in [4.78, 5) is 14.7. The van der Waals surface area contributed by atoms with Crippen molar-refractivity contribution in [2.24, 2.45) is 17.8 Å². The van der Waals surface area contributed by atoms with E-state index in [-0.39, 0.29) is 69.3 Å². The molecule has 0 aliphatic carbocycles. The summed E-state index contributed by atoms with van der Waals surface area (Å²) in [7, 11) is 0. The van der Waals surface area contributed by atoms with Gasteiger partial charge in [0.05, 0.1) is 0 Å². The zero-order chi connectivity index (χ0) is 35.9. The fourth-order valence-corrected chi connectivity index (χ4v) is 8.90. The van der Waals surface area contributed by atoms with Gasteiger partial charge in [-0.15, -0.1) is 15.0 Å². The Morgan fingerprint density at radius 2 is 0.688 bits per heavy atom. The third kappa shape index (κ3) is 7.78. The van der Waals surface area contributed by atoms with E-state index < -0.39 is 0 Å². The molecule has 4 heterocycles. The molecule has 0 radical (unpaired) electrons. The van der Waals surface area contributed by atoms with Crippen molar-refractivity contribution in [1.29, 1.82) is 0 Å². The maximum Gasteiger partial charge on any atom is 0.326 e. The Bertz CT molecular complexity index is 1090. The zero-order valence-electron chi connectivity index (χ0n) is 33.4. The standard InChI is InChI=1S/C39H72N6O3/c1-16-34(10)22-28(25(7)37(13,19-4)43-34)46-31-40-32(47-29-23-35(11,17-2)44-38(14,20-5)26(29)8)42-33(41-31)48-30-24-36(12,18-3)45-39(15,21-6)27(30)9/h25-30,43-45H,16-24H2,1-15H3. The molecule has 12 unspecified atom stereocenters. The van der Waals surface area contributed by atoms with Gasteiger partial charge >= 0.3 is 18.0 Å². The molecule has 0 aromatic carbocycles. The van der Waals surface area contributed by atoms with Gasteiger partial charge in [0, 0.05) is 70.2 Å². The molecule has 3 aliphatic heterocycles. The van der Waals surface area contributed by atoms with E-state index >= 15 is 0 Å². The van der Waals surface area contributed by atoms with Gasteiger partial charge in [0.1, 0.15) is 18.3 Å². The summed E-state index contributed by atoms with van der Waals surface area (Å²) >= 11 is 0. The molecule has 0 saturated carbocycles. The Kier molecular flexibility index (Phi) is 11.5. The summed E-state index contributed by atoms with van der Waals surface area (Å²) in [5.41, 5.74) is -0.357. The van der Waals surface area contributed by atoms with Crippen molar-refractivity contribution in [3.05, 3.63) is 0 Å². The minimum atomic E-state index is -0.0709. The van der Waals surface area contributed by atoms with Gasteiger partial charge in [-0.05, 0) is 80.1 Å². The third-order valence-corrected chi connectivity index (χ3v) is 14.3. The first-order valence-corrected chi connectivity index (χ1v) is 19.4. The largest absolute Gasteiger partial charge is 0.459 e. The first-order valence-electron chi connectivity index (χ1n) is 19.4. The summed E-state index contributed by atoms with van der Waals surface area (Å²) in [5, 5.41) is 11.9. The van der Waals surface area contributed by atoms with Crippen LogP contribution >= 0.6 is 0 Å². The van der Waals surface area contributed by atoms with Crippen LogP contribution in [0.3, 0.4) is 0 Å². The highest BCUT2D eigenvalue weighted by molar-refractivity contribution is 5.15. The Morgan fingerprint density at radius 1 is 0.458 bits per heavy atom. The fraction of sp³-hybridized carbons (Fsp3) is 0.923. The van der Waals surface area contributed by atoms with Gasteiger partial charge in [0.2, 0.25) is 0 Å². The highest BCUT2D eigenvalue weighted by atomic mass is 16.5. The molecule has 0 bridgehead atoms. The quantitative estimate of drug-likeness (QED) is 0.204. The van der Waals surface area contributed by atoms with Crippen molar-refractivity contribution >= 4 is 0 Å². The molecule has 276 valence electrons. The monoisotopic (exact) mass is 673 g/mol. The number of ether oxygens (including phenoxy) is 3. The SMILES string of the molecule is CCC1(C)CC(Oc2nc(OC3CC(C)(CC)NC(C)(CC)C3C)nc(OC3CC(C)(CC)NC(C)(CC)C3C)n2)C(C)C(C)(CC)N1. The Balaban J connectivity index is 1.74. The average molecular weight is 673 g/mol. The van der Waals surface area contributed by atoms with Gasteiger partial charge in [0.15, 0.2) is 0 Å². The van der Waals surface area contributed by atoms with Crippen LogP contribution in [0.1, 0.15) is 162 Å². The lowest BCUT2D eigenvalue weighted by atomic mass is 9.70. The molecule has 0 spiro atoms. The summed E-state index contributed by atoms with van der Waals surface area (Å²) < 4.78 is 20.5. The van der Waals surface area contributed by atoms with Gasteiger partial charge < -0.3 is 30.2 Å². The molecule has 12 atom stereocenters. The molecular weight excluding hydrogens is 600 g/mol. The van der Waals surface area contributed by atoms with Crippen LogP contribution in [0.15, 0.2) is 0 Å². The number of piperidine rings is 3. The van der Waals surface area contributed by atoms with Crippen LogP contribution in [0.5, 0.6) is 18.0 Å². The number of rotatable bonds is 12. The maximum absolute atomic E-state index is 6.84. The van der Waals surface area contributed by atoms with Crippen molar-refractivity contribution < 1.29 is 14.2 Å². The van der Waals surface area contributed by atoms with Crippen molar-refractivity contribution in [3.8, 4) is 18.0 Å². The van der Waals surface area contributed by atoms with Gasteiger partial charge in [-0.25, -0.2) is 0 Å². The first kappa shape index (κ1) is 39.1. The van der Waals surface area contributed by atoms with Gasteiger partial charge in [-0.2, -0.15) is 0 Å². The van der Waals surface area contributed by atoms with Crippen LogP contribution < -0.4 is 30.2 Å². The van der Waals surface area contributed by atoms with E-state index in [1.165, 1.54) is 0 Å². The highest BCUT2D eigenvalue weighted by Crippen LogP contribution is 2.42. The lowest BCUT2D eigenvalue weighted by Crippen LogP contribution is -2.67. The summed E-state index contributed by atoms with van der Waals surface area (Å²) in [6.07, 6.45) is 8.42. The number of hydrogen-bond acceptors (Lipinski definition) is 9. The molecule has 0 amide bonds. The second-order valence-corrected chi connectivity index (χ2v) is 17.6. The third-order valence-electron chi connectivity index (χ3n) is 14.3.